The third-order valence-electron chi connectivity index (χ3n) is 3.92. The van der Waals surface area contributed by atoms with Crippen molar-refractivity contribution in [3.63, 3.8) is 0 Å². The van der Waals surface area contributed by atoms with Crippen LogP contribution in [0.1, 0.15) is 16.7 Å². The predicted molar refractivity (Wildman–Crippen MR) is 76.5 cm³/mol. The smallest absolute Gasteiger partial charge is 0.122 e. The molecule has 106 valence electrons. The van der Waals surface area contributed by atoms with Crippen LogP contribution in [0.15, 0.2) is 12.1 Å². The van der Waals surface area contributed by atoms with Crippen LogP contribution in [-0.4, -0.2) is 33.4 Å². The molecule has 1 heterocycles. The number of rotatable bonds is 6. The SMILES string of the molecule is COc1cc(C)c(CNCC2(CN)COC2)cc1C. The minimum atomic E-state index is 0.148. The molecule has 1 aliphatic rings. The quantitative estimate of drug-likeness (QED) is 0.815. The zero-order chi connectivity index (χ0) is 13.9. The summed E-state index contributed by atoms with van der Waals surface area (Å²) >= 11 is 0. The fraction of sp³-hybridized carbons (Fsp3) is 0.600. The number of nitrogens with two attached hydrogens (primary N) is 1. The number of methoxy groups -OCH3 is 1. The van der Waals surface area contributed by atoms with E-state index in [1.54, 1.807) is 7.11 Å². The molecule has 0 aromatic heterocycles. The average molecular weight is 264 g/mol. The molecule has 0 radical (unpaired) electrons. The monoisotopic (exact) mass is 264 g/mol. The molecule has 0 unspecified atom stereocenters. The molecule has 4 nitrogen and oxygen atoms in total. The molecule has 4 heteroatoms. The van der Waals surface area contributed by atoms with Gasteiger partial charge in [0.05, 0.1) is 20.3 Å². The van der Waals surface area contributed by atoms with Gasteiger partial charge >= 0.3 is 0 Å². The Morgan fingerprint density at radius 2 is 2.05 bits per heavy atom. The van der Waals surface area contributed by atoms with Crippen molar-refractivity contribution in [2.45, 2.75) is 20.4 Å². The summed E-state index contributed by atoms with van der Waals surface area (Å²) in [4.78, 5) is 0. The van der Waals surface area contributed by atoms with Gasteiger partial charge in [0, 0.05) is 25.0 Å². The number of hydrogen-bond donors (Lipinski definition) is 2. The van der Waals surface area contributed by atoms with Crippen LogP contribution in [0.5, 0.6) is 5.75 Å². The molecule has 0 saturated carbocycles. The van der Waals surface area contributed by atoms with Crippen LogP contribution in [0.2, 0.25) is 0 Å². The minimum absolute atomic E-state index is 0.148. The van der Waals surface area contributed by atoms with E-state index in [1.165, 1.54) is 16.7 Å². The number of nitrogens with one attached hydrogen (secondary N) is 1. The summed E-state index contributed by atoms with van der Waals surface area (Å²) in [6, 6.07) is 4.28. The van der Waals surface area contributed by atoms with Crippen molar-refractivity contribution >= 4 is 0 Å². The van der Waals surface area contributed by atoms with Gasteiger partial charge in [0.2, 0.25) is 0 Å². The molecule has 1 fully saturated rings. The van der Waals surface area contributed by atoms with Gasteiger partial charge < -0.3 is 20.5 Å². The van der Waals surface area contributed by atoms with E-state index in [0.717, 1.165) is 32.1 Å². The molecule has 19 heavy (non-hydrogen) atoms. The van der Waals surface area contributed by atoms with E-state index in [4.69, 9.17) is 15.2 Å². The van der Waals surface area contributed by atoms with Crippen LogP contribution >= 0.6 is 0 Å². The van der Waals surface area contributed by atoms with E-state index < -0.39 is 0 Å². The van der Waals surface area contributed by atoms with Gasteiger partial charge in [-0.25, -0.2) is 0 Å². The van der Waals surface area contributed by atoms with Gasteiger partial charge in [-0.3, -0.25) is 0 Å². The lowest BCUT2D eigenvalue weighted by atomic mass is 9.86. The number of hydrogen-bond acceptors (Lipinski definition) is 4. The first kappa shape index (κ1) is 14.3. The Morgan fingerprint density at radius 1 is 1.32 bits per heavy atom. The Balaban J connectivity index is 1.94. The van der Waals surface area contributed by atoms with E-state index in [9.17, 15) is 0 Å². The molecular weight excluding hydrogens is 240 g/mol. The first-order valence-corrected chi connectivity index (χ1v) is 6.73. The molecule has 0 atom stereocenters. The van der Waals surface area contributed by atoms with Crippen LogP contribution < -0.4 is 15.8 Å². The Morgan fingerprint density at radius 3 is 2.58 bits per heavy atom. The standard InChI is InChI=1S/C15H24N2O2/c1-11-5-14(18-3)12(2)4-13(11)6-17-8-15(7-16)9-19-10-15/h4-5,17H,6-10,16H2,1-3H3. The van der Waals surface area contributed by atoms with Crippen LogP contribution in [0, 0.1) is 19.3 Å². The second kappa shape index (κ2) is 5.90. The van der Waals surface area contributed by atoms with Gasteiger partial charge in [-0.15, -0.1) is 0 Å². The zero-order valence-corrected chi connectivity index (χ0v) is 12.1. The van der Waals surface area contributed by atoms with Crippen molar-refractivity contribution < 1.29 is 9.47 Å². The molecular formula is C15H24N2O2. The second-order valence-corrected chi connectivity index (χ2v) is 5.55. The maximum atomic E-state index is 5.80. The van der Waals surface area contributed by atoms with Crippen molar-refractivity contribution in [1.29, 1.82) is 0 Å². The van der Waals surface area contributed by atoms with Gasteiger partial charge in [0.15, 0.2) is 0 Å². The summed E-state index contributed by atoms with van der Waals surface area (Å²) in [6.45, 7) is 8.19. The normalized spacial score (nSPS) is 17.1. The molecule has 3 N–H and O–H groups in total. The fourth-order valence-electron chi connectivity index (χ4n) is 2.41. The summed E-state index contributed by atoms with van der Waals surface area (Å²) in [5.41, 5.74) is 9.69. The van der Waals surface area contributed by atoms with E-state index in [2.05, 4.69) is 31.3 Å². The summed E-state index contributed by atoms with van der Waals surface area (Å²) < 4.78 is 10.6. The maximum absolute atomic E-state index is 5.80. The zero-order valence-electron chi connectivity index (χ0n) is 12.1. The van der Waals surface area contributed by atoms with E-state index in [1.807, 2.05) is 0 Å². The van der Waals surface area contributed by atoms with Crippen molar-refractivity contribution in [1.82, 2.24) is 5.32 Å². The largest absolute Gasteiger partial charge is 0.496 e. The highest BCUT2D eigenvalue weighted by Crippen LogP contribution is 2.26. The third-order valence-corrected chi connectivity index (χ3v) is 3.92. The molecule has 1 aromatic carbocycles. The van der Waals surface area contributed by atoms with Crippen molar-refractivity contribution in [3.05, 3.63) is 28.8 Å². The Labute approximate surface area is 115 Å². The molecule has 1 aliphatic heterocycles. The topological polar surface area (TPSA) is 56.5 Å². The lowest BCUT2D eigenvalue weighted by molar-refractivity contribution is -0.105. The lowest BCUT2D eigenvalue weighted by Gasteiger charge is -2.40. The van der Waals surface area contributed by atoms with Crippen LogP contribution in [0.4, 0.5) is 0 Å². The highest BCUT2D eigenvalue weighted by Gasteiger charge is 2.36. The number of benzene rings is 1. The highest BCUT2D eigenvalue weighted by molar-refractivity contribution is 5.41. The summed E-state index contributed by atoms with van der Waals surface area (Å²) in [6.07, 6.45) is 0. The predicted octanol–water partition coefficient (Wildman–Crippen LogP) is 1.38. The first-order chi connectivity index (χ1) is 9.10. The average Bonchev–Trinajstić information content (AvgIpc) is 2.36. The Kier molecular flexibility index (Phi) is 4.45. The number of ether oxygens (including phenoxy) is 2. The molecule has 0 spiro atoms. The molecule has 0 amide bonds. The third kappa shape index (κ3) is 3.08. The summed E-state index contributed by atoms with van der Waals surface area (Å²) in [7, 11) is 1.71. The minimum Gasteiger partial charge on any atom is -0.496 e. The van der Waals surface area contributed by atoms with Gasteiger partial charge in [0.25, 0.3) is 0 Å². The van der Waals surface area contributed by atoms with Crippen molar-refractivity contribution in [2.75, 3.05) is 33.4 Å². The molecule has 2 rings (SSSR count). The Hall–Kier alpha value is -1.10. The lowest BCUT2D eigenvalue weighted by Crippen LogP contribution is -2.54. The molecule has 0 aliphatic carbocycles. The van der Waals surface area contributed by atoms with Crippen LogP contribution in [0.3, 0.4) is 0 Å². The van der Waals surface area contributed by atoms with Crippen molar-refractivity contribution in [3.8, 4) is 5.75 Å². The highest BCUT2D eigenvalue weighted by atomic mass is 16.5. The van der Waals surface area contributed by atoms with E-state index >= 15 is 0 Å². The van der Waals surface area contributed by atoms with Gasteiger partial charge in [0.1, 0.15) is 5.75 Å². The van der Waals surface area contributed by atoms with Crippen LogP contribution in [0.25, 0.3) is 0 Å². The number of aryl methyl sites for hydroxylation is 2. The van der Waals surface area contributed by atoms with Gasteiger partial charge in [-0.2, -0.15) is 0 Å². The van der Waals surface area contributed by atoms with Crippen LogP contribution in [-0.2, 0) is 11.3 Å². The van der Waals surface area contributed by atoms with Gasteiger partial charge in [-0.05, 0) is 36.6 Å². The van der Waals surface area contributed by atoms with Crippen molar-refractivity contribution in [2.24, 2.45) is 11.1 Å². The molecule has 1 saturated heterocycles. The second-order valence-electron chi connectivity index (χ2n) is 5.55. The molecule has 1 aromatic rings. The first-order valence-electron chi connectivity index (χ1n) is 6.73. The van der Waals surface area contributed by atoms with E-state index in [0.29, 0.717) is 6.54 Å². The summed E-state index contributed by atoms with van der Waals surface area (Å²) in [5, 5.41) is 3.50. The summed E-state index contributed by atoms with van der Waals surface area (Å²) in [5.74, 6) is 0.951. The fourth-order valence-corrected chi connectivity index (χ4v) is 2.41. The maximum Gasteiger partial charge on any atom is 0.122 e. The Bertz CT molecular complexity index is 437. The molecule has 0 bridgehead atoms. The van der Waals surface area contributed by atoms with Gasteiger partial charge in [-0.1, -0.05) is 6.07 Å². The van der Waals surface area contributed by atoms with E-state index in [-0.39, 0.29) is 5.41 Å².